The minimum Gasteiger partial charge on any atom is -0.491 e. The monoisotopic (exact) mass is 479 g/mol. The Morgan fingerprint density at radius 1 is 1.12 bits per heavy atom. The molecule has 0 saturated carbocycles. The maximum absolute atomic E-state index is 11.6. The Morgan fingerprint density at radius 2 is 1.97 bits per heavy atom. The predicted octanol–water partition coefficient (Wildman–Crippen LogP) is 3.82. The Kier molecular flexibility index (Phi) is 5.67. The number of sulfonamides is 1. The van der Waals surface area contributed by atoms with Crippen LogP contribution >= 0.6 is 0 Å². The minimum absolute atomic E-state index is 0.234. The molecule has 0 saturated heterocycles. The molecule has 0 amide bonds. The molecule has 0 unspecified atom stereocenters. The van der Waals surface area contributed by atoms with Gasteiger partial charge in [-0.15, -0.1) is 0 Å². The Labute approximate surface area is 200 Å². The lowest BCUT2D eigenvalue weighted by atomic mass is 9.76. The number of ether oxygens (including phenoxy) is 1. The number of anilines is 2. The first-order chi connectivity index (χ1) is 16.2. The van der Waals surface area contributed by atoms with E-state index in [0.29, 0.717) is 18.8 Å². The van der Waals surface area contributed by atoms with Gasteiger partial charge < -0.3 is 9.64 Å². The minimum atomic E-state index is -3.38. The van der Waals surface area contributed by atoms with E-state index in [1.165, 1.54) is 11.8 Å². The number of aromatic nitrogens is 3. The van der Waals surface area contributed by atoms with E-state index in [-0.39, 0.29) is 5.41 Å². The molecule has 1 N–H and O–H groups in total. The summed E-state index contributed by atoms with van der Waals surface area (Å²) in [6.45, 7) is 6.59. The van der Waals surface area contributed by atoms with E-state index in [1.807, 2.05) is 12.1 Å². The van der Waals surface area contributed by atoms with Gasteiger partial charge in [0.1, 0.15) is 24.5 Å². The SMILES string of the molecule is CC1(C)CCc2ncnc(N3CCOc4ccc(-c5cncc(NS(C)(=O)=O)c5)cc4C3)c2C1. The van der Waals surface area contributed by atoms with Crippen LogP contribution in [0, 0.1) is 5.41 Å². The van der Waals surface area contributed by atoms with Gasteiger partial charge in [0, 0.05) is 35.1 Å². The molecule has 3 aromatic rings. The zero-order valence-corrected chi connectivity index (χ0v) is 20.5. The summed E-state index contributed by atoms with van der Waals surface area (Å²) in [4.78, 5) is 15.8. The van der Waals surface area contributed by atoms with Crippen LogP contribution in [0.3, 0.4) is 0 Å². The van der Waals surface area contributed by atoms with Crippen molar-refractivity contribution < 1.29 is 13.2 Å². The van der Waals surface area contributed by atoms with Crippen LogP contribution < -0.4 is 14.4 Å². The van der Waals surface area contributed by atoms with E-state index in [0.717, 1.165) is 66.0 Å². The molecule has 0 spiro atoms. The lowest BCUT2D eigenvalue weighted by Gasteiger charge is -2.33. The smallest absolute Gasteiger partial charge is 0.229 e. The Bertz CT molecular complexity index is 1340. The van der Waals surface area contributed by atoms with Crippen LogP contribution in [0.4, 0.5) is 11.5 Å². The number of fused-ring (bicyclic) bond motifs is 2. The molecular formula is C25H29N5O3S. The highest BCUT2D eigenvalue weighted by atomic mass is 32.2. The van der Waals surface area contributed by atoms with Crippen molar-refractivity contribution in [2.75, 3.05) is 29.0 Å². The van der Waals surface area contributed by atoms with Gasteiger partial charge in [-0.1, -0.05) is 19.9 Å². The number of benzene rings is 1. The number of hydrogen-bond donors (Lipinski definition) is 1. The van der Waals surface area contributed by atoms with Gasteiger partial charge in [-0.2, -0.15) is 0 Å². The third-order valence-corrected chi connectivity index (χ3v) is 7.03. The summed E-state index contributed by atoms with van der Waals surface area (Å²) < 4.78 is 31.8. The number of aryl methyl sites for hydroxylation is 1. The Hall–Kier alpha value is -3.20. The van der Waals surface area contributed by atoms with E-state index in [4.69, 9.17) is 9.72 Å². The summed E-state index contributed by atoms with van der Waals surface area (Å²) in [5.41, 5.74) is 5.90. The number of pyridine rings is 1. The molecular weight excluding hydrogens is 450 g/mol. The van der Waals surface area contributed by atoms with E-state index in [2.05, 4.69) is 39.5 Å². The van der Waals surface area contributed by atoms with E-state index >= 15 is 0 Å². The second-order valence-electron chi connectivity index (χ2n) is 9.89. The van der Waals surface area contributed by atoms with Gasteiger partial charge in [0.15, 0.2) is 0 Å². The van der Waals surface area contributed by atoms with Crippen molar-refractivity contribution in [2.24, 2.45) is 5.41 Å². The molecule has 0 radical (unpaired) electrons. The molecule has 5 rings (SSSR count). The zero-order chi connectivity index (χ0) is 23.9. The zero-order valence-electron chi connectivity index (χ0n) is 19.7. The molecule has 1 aliphatic heterocycles. The van der Waals surface area contributed by atoms with Gasteiger partial charge in [-0.05, 0) is 48.4 Å². The van der Waals surface area contributed by atoms with E-state index in [9.17, 15) is 8.42 Å². The highest BCUT2D eigenvalue weighted by molar-refractivity contribution is 7.92. The fourth-order valence-electron chi connectivity index (χ4n) is 4.75. The first kappa shape index (κ1) is 22.6. The number of hydrogen-bond acceptors (Lipinski definition) is 7. The molecule has 178 valence electrons. The van der Waals surface area contributed by atoms with Crippen molar-refractivity contribution in [3.05, 3.63) is 59.8 Å². The Balaban J connectivity index is 1.47. The lowest BCUT2D eigenvalue weighted by molar-refractivity contribution is 0.310. The normalized spacial score (nSPS) is 17.2. The van der Waals surface area contributed by atoms with E-state index in [1.54, 1.807) is 18.6 Å². The Morgan fingerprint density at radius 3 is 2.79 bits per heavy atom. The predicted molar refractivity (Wildman–Crippen MR) is 133 cm³/mol. The summed E-state index contributed by atoms with van der Waals surface area (Å²) in [5.74, 6) is 1.86. The van der Waals surface area contributed by atoms with Gasteiger partial charge in [0.2, 0.25) is 10.0 Å². The molecule has 0 bridgehead atoms. The largest absolute Gasteiger partial charge is 0.491 e. The summed E-state index contributed by atoms with van der Waals surface area (Å²) in [6, 6.07) is 7.83. The van der Waals surface area contributed by atoms with Crippen LogP contribution in [0.5, 0.6) is 5.75 Å². The highest BCUT2D eigenvalue weighted by Crippen LogP contribution is 2.38. The quantitative estimate of drug-likeness (QED) is 0.607. The van der Waals surface area contributed by atoms with Crippen LogP contribution in [0.2, 0.25) is 0 Å². The highest BCUT2D eigenvalue weighted by Gasteiger charge is 2.30. The van der Waals surface area contributed by atoms with Crippen LogP contribution in [0.25, 0.3) is 11.1 Å². The van der Waals surface area contributed by atoms with Crippen molar-refractivity contribution in [3.8, 4) is 16.9 Å². The maximum atomic E-state index is 11.6. The molecule has 34 heavy (non-hydrogen) atoms. The number of nitrogens with zero attached hydrogens (tertiary/aromatic N) is 4. The standard InChI is InChI=1S/C25H29N5O3S/c1-25(2)7-6-22-21(12-25)24(28-16-27-22)30-8-9-33-23-5-4-17(10-19(23)15-30)18-11-20(14-26-13-18)29-34(3,31)32/h4-5,10-11,13-14,16,29H,6-9,12,15H2,1-3H3. The van der Waals surface area contributed by atoms with Crippen molar-refractivity contribution in [1.82, 2.24) is 15.0 Å². The maximum Gasteiger partial charge on any atom is 0.229 e. The molecule has 2 aromatic heterocycles. The van der Waals surface area contributed by atoms with Crippen LogP contribution in [-0.4, -0.2) is 42.8 Å². The van der Waals surface area contributed by atoms with E-state index < -0.39 is 10.0 Å². The third kappa shape index (κ3) is 4.84. The number of nitrogens with one attached hydrogen (secondary N) is 1. The second kappa shape index (κ2) is 8.54. The molecule has 3 heterocycles. The lowest BCUT2D eigenvalue weighted by Crippen LogP contribution is -2.31. The van der Waals surface area contributed by atoms with Crippen LogP contribution in [-0.2, 0) is 29.4 Å². The van der Waals surface area contributed by atoms with Crippen LogP contribution in [0.1, 0.15) is 37.1 Å². The fourth-order valence-corrected chi connectivity index (χ4v) is 5.29. The van der Waals surface area contributed by atoms with Gasteiger partial charge >= 0.3 is 0 Å². The second-order valence-corrected chi connectivity index (χ2v) is 11.6. The van der Waals surface area contributed by atoms with Crippen LogP contribution in [0.15, 0.2) is 43.0 Å². The molecule has 8 nitrogen and oxygen atoms in total. The van der Waals surface area contributed by atoms with Crippen molar-refractivity contribution in [1.29, 1.82) is 0 Å². The molecule has 9 heteroatoms. The molecule has 2 aliphatic rings. The number of rotatable bonds is 4. The first-order valence-corrected chi connectivity index (χ1v) is 13.3. The average Bonchev–Trinajstić information content (AvgIpc) is 2.99. The molecule has 1 aliphatic carbocycles. The van der Waals surface area contributed by atoms with Gasteiger partial charge in [-0.25, -0.2) is 18.4 Å². The average molecular weight is 480 g/mol. The topological polar surface area (TPSA) is 97.3 Å². The summed E-state index contributed by atoms with van der Waals surface area (Å²) in [5, 5.41) is 0. The summed E-state index contributed by atoms with van der Waals surface area (Å²) >= 11 is 0. The summed E-state index contributed by atoms with van der Waals surface area (Å²) in [6.07, 6.45) is 9.11. The van der Waals surface area contributed by atoms with Crippen molar-refractivity contribution >= 4 is 21.5 Å². The molecule has 0 atom stereocenters. The van der Waals surface area contributed by atoms with Gasteiger partial charge in [-0.3, -0.25) is 9.71 Å². The van der Waals surface area contributed by atoms with Crippen molar-refractivity contribution in [2.45, 2.75) is 39.7 Å². The van der Waals surface area contributed by atoms with Gasteiger partial charge in [0.25, 0.3) is 0 Å². The molecule has 0 fully saturated rings. The van der Waals surface area contributed by atoms with Crippen molar-refractivity contribution in [3.63, 3.8) is 0 Å². The first-order valence-electron chi connectivity index (χ1n) is 11.4. The van der Waals surface area contributed by atoms with Gasteiger partial charge in [0.05, 0.1) is 24.7 Å². The molecule has 1 aromatic carbocycles. The fraction of sp³-hybridized carbons (Fsp3) is 0.400. The summed E-state index contributed by atoms with van der Waals surface area (Å²) in [7, 11) is -3.38. The third-order valence-electron chi connectivity index (χ3n) is 6.42.